The van der Waals surface area contributed by atoms with Crippen molar-refractivity contribution in [2.24, 2.45) is 0 Å². The van der Waals surface area contributed by atoms with Crippen molar-refractivity contribution in [2.75, 3.05) is 24.3 Å². The molecule has 0 radical (unpaired) electrons. The van der Waals surface area contributed by atoms with Gasteiger partial charge < -0.3 is 10.2 Å². The highest BCUT2D eigenvalue weighted by Gasteiger charge is 2.25. The Hall–Kier alpha value is -0.770. The van der Waals surface area contributed by atoms with E-state index in [1.165, 1.54) is 43.5 Å². The maximum atomic E-state index is 11.6. The van der Waals surface area contributed by atoms with Crippen molar-refractivity contribution in [3.05, 3.63) is 29.3 Å². The van der Waals surface area contributed by atoms with Crippen LogP contribution in [-0.4, -0.2) is 35.8 Å². The molecule has 1 aliphatic carbocycles. The number of amides is 1. The molecule has 0 heterocycles. The molecular formula is C18H28Cl2N2O. The summed E-state index contributed by atoms with van der Waals surface area (Å²) in [6.45, 7) is 6.85. The van der Waals surface area contributed by atoms with E-state index in [9.17, 15) is 4.79 Å². The number of rotatable bonds is 7. The van der Waals surface area contributed by atoms with Gasteiger partial charge in [0.05, 0.1) is 0 Å². The highest BCUT2D eigenvalue weighted by atomic mass is 35.5. The third-order valence-electron chi connectivity index (χ3n) is 4.39. The molecule has 0 spiro atoms. The van der Waals surface area contributed by atoms with Gasteiger partial charge in [-0.2, -0.15) is 0 Å². The third kappa shape index (κ3) is 5.37. The van der Waals surface area contributed by atoms with Gasteiger partial charge in [-0.05, 0) is 62.4 Å². The normalized spacial score (nSPS) is 16.6. The first-order valence-electron chi connectivity index (χ1n) is 8.40. The first-order valence-corrected chi connectivity index (χ1v) is 8.93. The highest BCUT2D eigenvalue weighted by Crippen LogP contribution is 2.30. The van der Waals surface area contributed by atoms with Crippen molar-refractivity contribution >= 4 is 35.6 Å². The molecule has 130 valence electrons. The summed E-state index contributed by atoms with van der Waals surface area (Å²) in [6, 6.07) is 6.86. The molecule has 0 saturated carbocycles. The first kappa shape index (κ1) is 20.3. The summed E-state index contributed by atoms with van der Waals surface area (Å²) >= 11 is 5.60. The number of nitrogens with zero attached hydrogens (tertiary/aromatic N) is 1. The zero-order chi connectivity index (χ0) is 15.9. The molecule has 1 unspecified atom stereocenters. The molecule has 1 aromatic carbocycles. The fraction of sp³-hybridized carbons (Fsp3) is 0.611. The smallest absolute Gasteiger partial charge is 0.239 e. The Morgan fingerprint density at radius 3 is 2.61 bits per heavy atom. The van der Waals surface area contributed by atoms with E-state index in [0.29, 0.717) is 6.04 Å². The minimum Gasteiger partial charge on any atom is -0.325 e. The van der Waals surface area contributed by atoms with E-state index in [2.05, 4.69) is 30.1 Å². The predicted molar refractivity (Wildman–Crippen MR) is 101 cm³/mol. The highest BCUT2D eigenvalue weighted by molar-refractivity contribution is 6.29. The Kier molecular flexibility index (Phi) is 8.96. The summed E-state index contributed by atoms with van der Waals surface area (Å²) in [7, 11) is 0. The lowest BCUT2D eigenvalue weighted by Gasteiger charge is -2.35. The van der Waals surface area contributed by atoms with Crippen molar-refractivity contribution in [1.82, 2.24) is 4.90 Å². The van der Waals surface area contributed by atoms with Crippen molar-refractivity contribution in [3.8, 4) is 0 Å². The molecule has 1 aromatic rings. The Balaban J connectivity index is 0.00000264. The SMILES string of the molecule is CCCN(CCC)C1CCc2c(cccc2NC(=O)CCl)C1.Cl. The molecule has 0 bridgehead atoms. The maximum Gasteiger partial charge on any atom is 0.239 e. The van der Waals surface area contributed by atoms with Crippen LogP contribution >= 0.6 is 24.0 Å². The fourth-order valence-corrected chi connectivity index (χ4v) is 3.52. The zero-order valence-electron chi connectivity index (χ0n) is 14.1. The van der Waals surface area contributed by atoms with Crippen LogP contribution in [0.2, 0.25) is 0 Å². The van der Waals surface area contributed by atoms with Gasteiger partial charge in [0.15, 0.2) is 0 Å². The van der Waals surface area contributed by atoms with Crippen molar-refractivity contribution in [3.63, 3.8) is 0 Å². The number of hydrogen-bond acceptors (Lipinski definition) is 2. The van der Waals surface area contributed by atoms with Crippen LogP contribution < -0.4 is 5.32 Å². The average molecular weight is 359 g/mol. The van der Waals surface area contributed by atoms with E-state index in [-0.39, 0.29) is 24.2 Å². The lowest BCUT2D eigenvalue weighted by atomic mass is 9.86. The summed E-state index contributed by atoms with van der Waals surface area (Å²) in [6.07, 6.45) is 5.69. The number of anilines is 1. The second-order valence-corrected chi connectivity index (χ2v) is 6.32. The third-order valence-corrected chi connectivity index (χ3v) is 4.63. The van der Waals surface area contributed by atoms with E-state index >= 15 is 0 Å². The molecule has 1 atom stereocenters. The summed E-state index contributed by atoms with van der Waals surface area (Å²) in [5.74, 6) is -0.122. The molecule has 23 heavy (non-hydrogen) atoms. The van der Waals surface area contributed by atoms with Gasteiger partial charge in [0.1, 0.15) is 5.88 Å². The topological polar surface area (TPSA) is 32.3 Å². The van der Waals surface area contributed by atoms with Gasteiger partial charge in [0.25, 0.3) is 0 Å². The van der Waals surface area contributed by atoms with Crippen LogP contribution in [0, 0.1) is 0 Å². The molecule has 2 rings (SSSR count). The van der Waals surface area contributed by atoms with Gasteiger partial charge in [0, 0.05) is 11.7 Å². The molecule has 3 nitrogen and oxygen atoms in total. The number of fused-ring (bicyclic) bond motifs is 1. The van der Waals surface area contributed by atoms with E-state index in [4.69, 9.17) is 11.6 Å². The Morgan fingerprint density at radius 1 is 1.30 bits per heavy atom. The summed E-state index contributed by atoms with van der Waals surface area (Å²) in [5, 5.41) is 2.93. The lowest BCUT2D eigenvalue weighted by Crippen LogP contribution is -2.40. The van der Waals surface area contributed by atoms with Crippen LogP contribution in [0.5, 0.6) is 0 Å². The predicted octanol–water partition coefficient (Wildman–Crippen LogP) is 4.27. The van der Waals surface area contributed by atoms with Crippen molar-refractivity contribution < 1.29 is 4.79 Å². The van der Waals surface area contributed by atoms with E-state index < -0.39 is 0 Å². The number of benzene rings is 1. The zero-order valence-corrected chi connectivity index (χ0v) is 15.7. The van der Waals surface area contributed by atoms with Crippen LogP contribution in [0.1, 0.15) is 44.2 Å². The molecule has 0 fully saturated rings. The summed E-state index contributed by atoms with van der Waals surface area (Å²) in [5.41, 5.74) is 3.62. The monoisotopic (exact) mass is 358 g/mol. The summed E-state index contributed by atoms with van der Waals surface area (Å²) in [4.78, 5) is 14.2. The van der Waals surface area contributed by atoms with Crippen molar-refractivity contribution in [1.29, 1.82) is 0 Å². The fourth-order valence-electron chi connectivity index (χ4n) is 3.45. The number of carbonyl (C=O) groups excluding carboxylic acids is 1. The van der Waals surface area contributed by atoms with Gasteiger partial charge in [-0.1, -0.05) is 26.0 Å². The second-order valence-electron chi connectivity index (χ2n) is 6.06. The molecule has 1 aliphatic rings. The van der Waals surface area contributed by atoms with Crippen LogP contribution in [-0.2, 0) is 17.6 Å². The number of alkyl halides is 1. The van der Waals surface area contributed by atoms with Gasteiger partial charge in [-0.15, -0.1) is 24.0 Å². The minimum absolute atomic E-state index is 0. The standard InChI is InChI=1S/C18H27ClN2O.ClH/c1-3-10-21(11-4-2)15-8-9-16-14(12-15)6-5-7-17(16)20-18(22)13-19;/h5-7,15H,3-4,8-13H2,1-2H3,(H,20,22);1H. The van der Waals surface area contributed by atoms with E-state index in [1.807, 2.05) is 12.1 Å². The average Bonchev–Trinajstić information content (AvgIpc) is 2.54. The molecule has 0 aromatic heterocycles. The molecule has 1 N–H and O–H groups in total. The Morgan fingerprint density at radius 2 is 2.00 bits per heavy atom. The largest absolute Gasteiger partial charge is 0.325 e. The Bertz CT molecular complexity index is 502. The molecule has 0 saturated heterocycles. The molecular weight excluding hydrogens is 331 g/mol. The second kappa shape index (κ2) is 10.2. The van der Waals surface area contributed by atoms with Crippen LogP contribution in [0.15, 0.2) is 18.2 Å². The molecule has 5 heteroatoms. The number of halogens is 2. The van der Waals surface area contributed by atoms with Crippen LogP contribution in [0.25, 0.3) is 0 Å². The van der Waals surface area contributed by atoms with E-state index in [0.717, 1.165) is 18.5 Å². The number of hydrogen-bond donors (Lipinski definition) is 1. The molecule has 1 amide bonds. The Labute approximate surface area is 151 Å². The maximum absolute atomic E-state index is 11.6. The summed E-state index contributed by atoms with van der Waals surface area (Å²) < 4.78 is 0. The van der Waals surface area contributed by atoms with Crippen LogP contribution in [0.3, 0.4) is 0 Å². The van der Waals surface area contributed by atoms with Gasteiger partial charge in [-0.25, -0.2) is 0 Å². The molecule has 0 aliphatic heterocycles. The van der Waals surface area contributed by atoms with Gasteiger partial charge >= 0.3 is 0 Å². The van der Waals surface area contributed by atoms with Crippen molar-refractivity contribution in [2.45, 2.75) is 52.0 Å². The first-order chi connectivity index (χ1) is 10.7. The van der Waals surface area contributed by atoms with E-state index in [1.54, 1.807) is 0 Å². The lowest BCUT2D eigenvalue weighted by molar-refractivity contribution is -0.113. The van der Waals surface area contributed by atoms with Crippen LogP contribution in [0.4, 0.5) is 5.69 Å². The number of carbonyl (C=O) groups is 1. The quantitative estimate of drug-likeness (QED) is 0.738. The van der Waals surface area contributed by atoms with Gasteiger partial charge in [0.2, 0.25) is 5.91 Å². The van der Waals surface area contributed by atoms with Gasteiger partial charge in [-0.3, -0.25) is 4.79 Å². The minimum atomic E-state index is -0.129. The number of nitrogens with one attached hydrogen (secondary N) is 1.